The lowest BCUT2D eigenvalue weighted by atomic mass is 9.99. The summed E-state index contributed by atoms with van der Waals surface area (Å²) in [6.07, 6.45) is 2.18. The minimum Gasteiger partial charge on any atom is -0.464 e. The van der Waals surface area contributed by atoms with Crippen LogP contribution >= 0.6 is 11.3 Å². The normalized spacial score (nSPS) is 12.3. The predicted molar refractivity (Wildman–Crippen MR) is 105 cm³/mol. The molecule has 0 aliphatic carbocycles. The van der Waals surface area contributed by atoms with E-state index in [-0.39, 0.29) is 5.56 Å². The summed E-state index contributed by atoms with van der Waals surface area (Å²) in [5.41, 5.74) is 3.94. The van der Waals surface area contributed by atoms with E-state index in [1.54, 1.807) is 6.92 Å². The average molecular weight is 370 g/mol. The van der Waals surface area contributed by atoms with Crippen LogP contribution in [-0.2, 0) is 9.53 Å². The number of nitrogens with zero attached hydrogens (tertiary/aromatic N) is 2. The van der Waals surface area contributed by atoms with Crippen LogP contribution < -0.4 is 5.56 Å². The molecule has 0 bridgehead atoms. The SMILES string of the molecule is CCCOC(=O)C(C)n1cnc2scc(-c3ccc(C)cc3C)c2c1=O. The summed E-state index contributed by atoms with van der Waals surface area (Å²) in [5.74, 6) is -0.418. The molecule has 0 spiro atoms. The molecule has 1 unspecified atom stereocenters. The Bertz CT molecular complexity index is 1020. The monoisotopic (exact) mass is 370 g/mol. The fraction of sp³-hybridized carbons (Fsp3) is 0.350. The zero-order valence-electron chi connectivity index (χ0n) is 15.4. The van der Waals surface area contributed by atoms with Gasteiger partial charge in [-0.1, -0.05) is 30.7 Å². The summed E-state index contributed by atoms with van der Waals surface area (Å²) in [4.78, 5) is 30.3. The molecule has 0 aliphatic rings. The topological polar surface area (TPSA) is 61.2 Å². The molecule has 3 aromatic rings. The van der Waals surface area contributed by atoms with Gasteiger partial charge in [-0.2, -0.15) is 0 Å². The van der Waals surface area contributed by atoms with E-state index >= 15 is 0 Å². The highest BCUT2D eigenvalue weighted by molar-refractivity contribution is 7.17. The molecule has 0 amide bonds. The first-order chi connectivity index (χ1) is 12.4. The van der Waals surface area contributed by atoms with Gasteiger partial charge < -0.3 is 4.74 Å². The lowest BCUT2D eigenvalue weighted by molar-refractivity contribution is -0.147. The van der Waals surface area contributed by atoms with Crippen molar-refractivity contribution in [2.75, 3.05) is 6.61 Å². The maximum absolute atomic E-state index is 13.1. The number of rotatable bonds is 5. The zero-order chi connectivity index (χ0) is 18.8. The molecule has 3 rings (SSSR count). The number of fused-ring (bicyclic) bond motifs is 1. The van der Waals surface area contributed by atoms with E-state index in [9.17, 15) is 9.59 Å². The number of hydrogen-bond acceptors (Lipinski definition) is 5. The van der Waals surface area contributed by atoms with Crippen LogP contribution in [-0.4, -0.2) is 22.1 Å². The molecule has 1 atom stereocenters. The molecule has 2 aromatic heterocycles. The molecule has 2 heterocycles. The molecular formula is C20H22N2O3S. The first-order valence-electron chi connectivity index (χ1n) is 8.66. The third kappa shape index (κ3) is 3.29. The van der Waals surface area contributed by atoms with Gasteiger partial charge in [-0.05, 0) is 38.3 Å². The van der Waals surface area contributed by atoms with Crippen molar-refractivity contribution in [2.24, 2.45) is 0 Å². The summed E-state index contributed by atoms with van der Waals surface area (Å²) in [5, 5.41) is 2.51. The Hall–Kier alpha value is -2.47. The third-order valence-corrected chi connectivity index (χ3v) is 5.28. The van der Waals surface area contributed by atoms with Gasteiger partial charge >= 0.3 is 5.97 Å². The largest absolute Gasteiger partial charge is 0.464 e. The first kappa shape index (κ1) is 18.3. The van der Waals surface area contributed by atoms with E-state index in [4.69, 9.17) is 4.74 Å². The Labute approximate surface area is 156 Å². The molecule has 1 aromatic carbocycles. The molecule has 0 N–H and O–H groups in total. The molecule has 0 saturated heterocycles. The smallest absolute Gasteiger partial charge is 0.328 e. The minimum absolute atomic E-state index is 0.216. The van der Waals surface area contributed by atoms with Crippen LogP contribution in [0.25, 0.3) is 21.3 Å². The van der Waals surface area contributed by atoms with Gasteiger partial charge in [-0.25, -0.2) is 9.78 Å². The number of aromatic nitrogens is 2. The van der Waals surface area contributed by atoms with Crippen LogP contribution in [0.15, 0.2) is 34.7 Å². The number of esters is 1. The summed E-state index contributed by atoms with van der Waals surface area (Å²) in [6, 6.07) is 5.45. The number of aryl methyl sites for hydroxylation is 2. The van der Waals surface area contributed by atoms with Crippen molar-refractivity contribution in [1.82, 2.24) is 9.55 Å². The standard InChI is InChI=1S/C20H22N2O3S/c1-5-8-25-20(24)14(4)22-11-21-18-17(19(22)23)16(10-26-18)15-7-6-12(2)9-13(15)3/h6-7,9-11,14H,5,8H2,1-4H3. The quantitative estimate of drug-likeness (QED) is 0.630. The fourth-order valence-corrected chi connectivity index (χ4v) is 3.87. The van der Waals surface area contributed by atoms with Crippen LogP contribution in [0, 0.1) is 13.8 Å². The molecule has 5 nitrogen and oxygen atoms in total. The maximum atomic E-state index is 13.1. The van der Waals surface area contributed by atoms with E-state index in [0.717, 1.165) is 23.1 Å². The lowest BCUT2D eigenvalue weighted by Gasteiger charge is -2.14. The van der Waals surface area contributed by atoms with E-state index < -0.39 is 12.0 Å². The summed E-state index contributed by atoms with van der Waals surface area (Å²) < 4.78 is 6.54. The summed E-state index contributed by atoms with van der Waals surface area (Å²) in [6.45, 7) is 8.02. The Morgan fingerprint density at radius 1 is 1.31 bits per heavy atom. The highest BCUT2D eigenvalue weighted by Crippen LogP contribution is 2.33. The number of carbonyl (C=O) groups excluding carboxylic acids is 1. The number of ether oxygens (including phenoxy) is 1. The maximum Gasteiger partial charge on any atom is 0.328 e. The highest BCUT2D eigenvalue weighted by Gasteiger charge is 2.21. The van der Waals surface area contributed by atoms with Crippen LogP contribution in [0.3, 0.4) is 0 Å². The minimum atomic E-state index is -0.710. The zero-order valence-corrected chi connectivity index (χ0v) is 16.2. The molecule has 0 fully saturated rings. The van der Waals surface area contributed by atoms with Crippen LogP contribution in [0.1, 0.15) is 37.4 Å². The summed E-state index contributed by atoms with van der Waals surface area (Å²) in [7, 11) is 0. The highest BCUT2D eigenvalue weighted by atomic mass is 32.1. The van der Waals surface area contributed by atoms with E-state index in [1.807, 2.05) is 38.3 Å². The van der Waals surface area contributed by atoms with E-state index in [0.29, 0.717) is 16.8 Å². The number of benzene rings is 1. The average Bonchev–Trinajstić information content (AvgIpc) is 3.04. The van der Waals surface area contributed by atoms with Crippen molar-refractivity contribution in [1.29, 1.82) is 0 Å². The van der Waals surface area contributed by atoms with Crippen LogP contribution in [0.5, 0.6) is 0 Å². The van der Waals surface area contributed by atoms with Gasteiger partial charge in [0.25, 0.3) is 5.56 Å². The Balaban J connectivity index is 2.11. The molecule has 6 heteroatoms. The Kier molecular flexibility index (Phi) is 5.23. The molecule has 0 radical (unpaired) electrons. The van der Waals surface area contributed by atoms with Gasteiger partial charge in [-0.3, -0.25) is 9.36 Å². The number of carbonyl (C=O) groups is 1. The Morgan fingerprint density at radius 3 is 2.77 bits per heavy atom. The summed E-state index contributed by atoms with van der Waals surface area (Å²) >= 11 is 1.44. The van der Waals surface area contributed by atoms with Gasteiger partial charge in [0, 0.05) is 10.9 Å². The van der Waals surface area contributed by atoms with Gasteiger partial charge in [0.15, 0.2) is 0 Å². The van der Waals surface area contributed by atoms with Crippen molar-refractivity contribution < 1.29 is 9.53 Å². The third-order valence-electron chi connectivity index (χ3n) is 4.40. The fourth-order valence-electron chi connectivity index (χ4n) is 2.97. The first-order valence-corrected chi connectivity index (χ1v) is 9.54. The van der Waals surface area contributed by atoms with Crippen molar-refractivity contribution in [3.8, 4) is 11.1 Å². The number of hydrogen-bond donors (Lipinski definition) is 0. The van der Waals surface area contributed by atoms with E-state index in [2.05, 4.69) is 11.1 Å². The van der Waals surface area contributed by atoms with Gasteiger partial charge in [0.2, 0.25) is 0 Å². The van der Waals surface area contributed by atoms with Crippen LogP contribution in [0.2, 0.25) is 0 Å². The molecule has 26 heavy (non-hydrogen) atoms. The molecule has 0 aliphatic heterocycles. The lowest BCUT2D eigenvalue weighted by Crippen LogP contribution is -2.29. The predicted octanol–water partition coefficient (Wildman–Crippen LogP) is 4.26. The van der Waals surface area contributed by atoms with Crippen LogP contribution in [0.4, 0.5) is 0 Å². The van der Waals surface area contributed by atoms with Gasteiger partial charge in [-0.15, -0.1) is 11.3 Å². The van der Waals surface area contributed by atoms with Crippen molar-refractivity contribution in [3.63, 3.8) is 0 Å². The van der Waals surface area contributed by atoms with Crippen molar-refractivity contribution in [2.45, 2.75) is 40.2 Å². The molecular weight excluding hydrogens is 348 g/mol. The van der Waals surface area contributed by atoms with Crippen molar-refractivity contribution >= 4 is 27.5 Å². The Morgan fingerprint density at radius 2 is 2.08 bits per heavy atom. The number of thiophene rings is 1. The van der Waals surface area contributed by atoms with Gasteiger partial charge in [0.1, 0.15) is 10.9 Å². The second kappa shape index (κ2) is 7.41. The molecule has 0 saturated carbocycles. The van der Waals surface area contributed by atoms with E-state index in [1.165, 1.54) is 27.8 Å². The van der Waals surface area contributed by atoms with Crippen molar-refractivity contribution in [3.05, 3.63) is 51.4 Å². The second-order valence-corrected chi connectivity index (χ2v) is 7.31. The molecule has 136 valence electrons. The second-order valence-electron chi connectivity index (χ2n) is 6.45. The van der Waals surface area contributed by atoms with Gasteiger partial charge in [0.05, 0.1) is 18.3 Å².